The van der Waals surface area contributed by atoms with Crippen molar-refractivity contribution in [2.24, 2.45) is 0 Å². The zero-order valence-corrected chi connectivity index (χ0v) is 13.5. The van der Waals surface area contributed by atoms with Crippen molar-refractivity contribution < 1.29 is 0 Å². The summed E-state index contributed by atoms with van der Waals surface area (Å²) in [7, 11) is 0. The largest absolute Gasteiger partial charge is 0.356 e. The van der Waals surface area contributed by atoms with Crippen LogP contribution in [-0.4, -0.2) is 33.0 Å². The molecule has 1 fully saturated rings. The topological polar surface area (TPSA) is 54.8 Å². The first-order valence-electron chi connectivity index (χ1n) is 8.36. The van der Waals surface area contributed by atoms with E-state index in [0.29, 0.717) is 5.82 Å². The molecule has 5 nitrogen and oxygen atoms in total. The molecule has 1 aliphatic rings. The second kappa shape index (κ2) is 6.74. The number of rotatable bonds is 3. The van der Waals surface area contributed by atoms with E-state index in [1.54, 1.807) is 12.4 Å². The molecule has 0 saturated carbocycles. The first-order valence-corrected chi connectivity index (χ1v) is 8.36. The van der Waals surface area contributed by atoms with Gasteiger partial charge in [0.1, 0.15) is 11.5 Å². The third kappa shape index (κ3) is 3.11. The molecule has 0 atom stereocenters. The van der Waals surface area contributed by atoms with Crippen LogP contribution in [0.4, 0.5) is 5.82 Å². The minimum absolute atomic E-state index is 0.664. The number of aromatic nitrogens is 4. The molecule has 4 rings (SSSR count). The first kappa shape index (κ1) is 14.8. The lowest BCUT2D eigenvalue weighted by Crippen LogP contribution is -2.30. The Labute approximate surface area is 141 Å². The average molecular weight is 317 g/mol. The fraction of sp³-hybridized carbons (Fsp3) is 0.263. The molecule has 0 spiro atoms. The molecule has 3 aromatic rings. The quantitative estimate of drug-likeness (QED) is 0.739. The molecule has 0 aliphatic carbocycles. The summed E-state index contributed by atoms with van der Waals surface area (Å²) in [6.07, 6.45) is 9.11. The number of nitrogens with zero attached hydrogens (tertiary/aromatic N) is 5. The minimum Gasteiger partial charge on any atom is -0.356 e. The van der Waals surface area contributed by atoms with Gasteiger partial charge >= 0.3 is 0 Å². The molecule has 1 saturated heterocycles. The number of anilines is 1. The molecule has 0 unspecified atom stereocenters. The Morgan fingerprint density at radius 3 is 2.50 bits per heavy atom. The fourth-order valence-electron chi connectivity index (χ4n) is 2.99. The van der Waals surface area contributed by atoms with E-state index in [-0.39, 0.29) is 0 Å². The van der Waals surface area contributed by atoms with Gasteiger partial charge in [0.05, 0.1) is 5.69 Å². The number of hydrogen-bond acceptors (Lipinski definition) is 5. The Bertz CT molecular complexity index is 741. The number of piperidine rings is 1. The van der Waals surface area contributed by atoms with Crippen LogP contribution in [0.1, 0.15) is 19.3 Å². The van der Waals surface area contributed by atoms with Gasteiger partial charge in [-0.3, -0.25) is 9.97 Å². The Hall–Kier alpha value is -2.82. The Morgan fingerprint density at radius 2 is 1.75 bits per heavy atom. The lowest BCUT2D eigenvalue weighted by molar-refractivity contribution is 0.573. The monoisotopic (exact) mass is 317 g/mol. The van der Waals surface area contributed by atoms with E-state index in [4.69, 9.17) is 9.97 Å². The average Bonchev–Trinajstić information content (AvgIpc) is 2.70. The summed E-state index contributed by atoms with van der Waals surface area (Å²) in [6, 6.07) is 11.8. The van der Waals surface area contributed by atoms with Crippen molar-refractivity contribution in [3.8, 4) is 22.8 Å². The third-order valence-corrected chi connectivity index (χ3v) is 4.24. The molecular formula is C19H19N5. The molecule has 120 valence electrons. The highest BCUT2D eigenvalue weighted by atomic mass is 15.2. The summed E-state index contributed by atoms with van der Waals surface area (Å²) >= 11 is 0. The van der Waals surface area contributed by atoms with Crippen LogP contribution in [0.5, 0.6) is 0 Å². The summed E-state index contributed by atoms with van der Waals surface area (Å²) in [5.74, 6) is 1.64. The summed E-state index contributed by atoms with van der Waals surface area (Å²) in [5, 5.41) is 0. The van der Waals surface area contributed by atoms with E-state index < -0.39 is 0 Å². The summed E-state index contributed by atoms with van der Waals surface area (Å²) in [6.45, 7) is 2.09. The molecule has 0 bridgehead atoms. The van der Waals surface area contributed by atoms with Crippen molar-refractivity contribution in [3.05, 3.63) is 55.0 Å². The Morgan fingerprint density at radius 1 is 0.833 bits per heavy atom. The molecular weight excluding hydrogens is 298 g/mol. The van der Waals surface area contributed by atoms with Gasteiger partial charge in [-0.25, -0.2) is 9.97 Å². The van der Waals surface area contributed by atoms with Crippen molar-refractivity contribution in [2.45, 2.75) is 19.3 Å². The van der Waals surface area contributed by atoms with Gasteiger partial charge in [0.25, 0.3) is 0 Å². The van der Waals surface area contributed by atoms with E-state index in [0.717, 1.165) is 35.9 Å². The Balaban J connectivity index is 1.81. The third-order valence-electron chi connectivity index (χ3n) is 4.24. The zero-order chi connectivity index (χ0) is 16.2. The first-order chi connectivity index (χ1) is 11.9. The predicted octanol–water partition coefficient (Wildman–Crippen LogP) is 3.59. The number of pyridine rings is 2. The van der Waals surface area contributed by atoms with Gasteiger partial charge in [-0.15, -0.1) is 0 Å². The lowest BCUT2D eigenvalue weighted by Gasteiger charge is -2.28. The maximum absolute atomic E-state index is 4.78. The van der Waals surface area contributed by atoms with Crippen LogP contribution in [0.15, 0.2) is 55.0 Å². The zero-order valence-electron chi connectivity index (χ0n) is 13.5. The number of hydrogen-bond donors (Lipinski definition) is 0. The van der Waals surface area contributed by atoms with E-state index in [1.165, 1.54) is 19.3 Å². The molecule has 0 amide bonds. The van der Waals surface area contributed by atoms with Crippen LogP contribution in [0, 0.1) is 0 Å². The standard InChI is InChI=1S/C19H19N5/c1-4-11-24(12-5-1)18-13-17(15-7-6-9-20-14-15)22-19(23-18)16-8-2-3-10-21-16/h2-3,6-10,13-14H,1,4-5,11-12H2. The van der Waals surface area contributed by atoms with Gasteiger partial charge in [-0.2, -0.15) is 0 Å². The molecule has 0 aromatic carbocycles. The van der Waals surface area contributed by atoms with E-state index in [1.807, 2.05) is 36.5 Å². The highest BCUT2D eigenvalue weighted by molar-refractivity contribution is 5.66. The second-order valence-electron chi connectivity index (χ2n) is 5.94. The van der Waals surface area contributed by atoms with Crippen LogP contribution in [-0.2, 0) is 0 Å². The van der Waals surface area contributed by atoms with Gasteiger partial charge in [0, 0.05) is 43.3 Å². The van der Waals surface area contributed by atoms with Gasteiger partial charge in [-0.05, 0) is 43.5 Å². The predicted molar refractivity (Wildman–Crippen MR) is 94.6 cm³/mol. The highest BCUT2D eigenvalue weighted by Crippen LogP contribution is 2.26. The van der Waals surface area contributed by atoms with Gasteiger partial charge < -0.3 is 4.90 Å². The minimum atomic E-state index is 0.664. The van der Waals surface area contributed by atoms with E-state index in [9.17, 15) is 0 Å². The van der Waals surface area contributed by atoms with Gasteiger partial charge in [0.15, 0.2) is 5.82 Å². The summed E-state index contributed by atoms with van der Waals surface area (Å²) in [4.78, 5) is 20.5. The van der Waals surface area contributed by atoms with Crippen molar-refractivity contribution in [1.82, 2.24) is 19.9 Å². The lowest BCUT2D eigenvalue weighted by atomic mass is 10.1. The van der Waals surface area contributed by atoms with Crippen LogP contribution in [0.2, 0.25) is 0 Å². The summed E-state index contributed by atoms with van der Waals surface area (Å²) in [5.41, 5.74) is 2.68. The maximum atomic E-state index is 4.78. The van der Waals surface area contributed by atoms with Crippen LogP contribution in [0.25, 0.3) is 22.8 Å². The van der Waals surface area contributed by atoms with Crippen molar-refractivity contribution in [3.63, 3.8) is 0 Å². The fourth-order valence-corrected chi connectivity index (χ4v) is 2.99. The van der Waals surface area contributed by atoms with Gasteiger partial charge in [-0.1, -0.05) is 6.07 Å². The molecule has 1 aliphatic heterocycles. The molecule has 3 aromatic heterocycles. The molecule has 0 radical (unpaired) electrons. The second-order valence-corrected chi connectivity index (χ2v) is 5.94. The molecule has 5 heteroatoms. The van der Waals surface area contributed by atoms with Gasteiger partial charge in [0.2, 0.25) is 0 Å². The van der Waals surface area contributed by atoms with E-state index >= 15 is 0 Å². The van der Waals surface area contributed by atoms with Crippen LogP contribution < -0.4 is 4.90 Å². The van der Waals surface area contributed by atoms with E-state index in [2.05, 4.69) is 20.9 Å². The van der Waals surface area contributed by atoms with Crippen molar-refractivity contribution in [2.75, 3.05) is 18.0 Å². The summed E-state index contributed by atoms with van der Waals surface area (Å²) < 4.78 is 0. The Kier molecular flexibility index (Phi) is 4.14. The smallest absolute Gasteiger partial charge is 0.180 e. The van der Waals surface area contributed by atoms with Crippen LogP contribution >= 0.6 is 0 Å². The maximum Gasteiger partial charge on any atom is 0.180 e. The molecule has 24 heavy (non-hydrogen) atoms. The van der Waals surface area contributed by atoms with Crippen molar-refractivity contribution in [1.29, 1.82) is 0 Å². The highest BCUT2D eigenvalue weighted by Gasteiger charge is 2.16. The molecule has 0 N–H and O–H groups in total. The SMILES string of the molecule is c1ccc(-c2nc(-c3cccnc3)cc(N3CCCCC3)n2)nc1. The molecule has 4 heterocycles. The normalized spacial score (nSPS) is 14.6. The van der Waals surface area contributed by atoms with Crippen molar-refractivity contribution >= 4 is 5.82 Å². The van der Waals surface area contributed by atoms with Crippen LogP contribution in [0.3, 0.4) is 0 Å².